The highest BCUT2D eigenvalue weighted by molar-refractivity contribution is 5.90. The van der Waals surface area contributed by atoms with Crippen molar-refractivity contribution in [3.8, 4) is 5.75 Å². The third-order valence-corrected chi connectivity index (χ3v) is 5.47. The van der Waals surface area contributed by atoms with Crippen LogP contribution in [0.1, 0.15) is 18.5 Å². The second-order valence-electron chi connectivity index (χ2n) is 6.63. The van der Waals surface area contributed by atoms with Crippen LogP contribution >= 0.6 is 0 Å². The first-order valence-electron chi connectivity index (χ1n) is 7.99. The number of benzene rings is 1. The highest BCUT2D eigenvalue weighted by atomic mass is 16.5. The fraction of sp³-hybridized carbons (Fsp3) is 0.444. The number of rotatable bonds is 4. The molecule has 1 spiro atoms. The van der Waals surface area contributed by atoms with E-state index in [2.05, 4.69) is 0 Å². The van der Waals surface area contributed by atoms with Crippen LogP contribution in [0.4, 0.5) is 0 Å². The molecular weight excluding hydrogens is 310 g/mol. The van der Waals surface area contributed by atoms with Crippen LogP contribution < -0.4 is 9.84 Å². The van der Waals surface area contributed by atoms with Crippen molar-refractivity contribution in [2.75, 3.05) is 13.7 Å². The Morgan fingerprint density at radius 3 is 2.75 bits per heavy atom. The van der Waals surface area contributed by atoms with Gasteiger partial charge in [-0.1, -0.05) is 24.3 Å². The van der Waals surface area contributed by atoms with Gasteiger partial charge in [-0.25, -0.2) is 0 Å². The Balaban J connectivity index is 1.63. The molecule has 0 radical (unpaired) electrons. The average molecular weight is 328 g/mol. The van der Waals surface area contributed by atoms with Crippen molar-refractivity contribution in [2.45, 2.75) is 24.7 Å². The summed E-state index contributed by atoms with van der Waals surface area (Å²) in [6.45, 7) is 2.29. The number of carboxylic acid groups (broad SMARTS) is 1. The molecule has 5 atom stereocenters. The van der Waals surface area contributed by atoms with E-state index < -0.39 is 29.5 Å². The summed E-state index contributed by atoms with van der Waals surface area (Å²) in [5.41, 5.74) is 0.136. The number of carbonyl (C=O) groups is 2. The molecule has 4 rings (SSSR count). The lowest BCUT2D eigenvalue weighted by Gasteiger charge is -2.28. The lowest BCUT2D eigenvalue weighted by atomic mass is 9.77. The van der Waals surface area contributed by atoms with Crippen LogP contribution in [0.3, 0.4) is 0 Å². The lowest BCUT2D eigenvalue weighted by molar-refractivity contribution is -0.313. The molecule has 3 aliphatic rings. The molecule has 1 aromatic carbocycles. The molecule has 0 aromatic heterocycles. The zero-order chi connectivity index (χ0) is 17.1. The van der Waals surface area contributed by atoms with Gasteiger partial charge >= 0.3 is 0 Å². The minimum atomic E-state index is -1.22. The van der Waals surface area contributed by atoms with Gasteiger partial charge in [0.05, 0.1) is 31.7 Å². The third-order valence-electron chi connectivity index (χ3n) is 5.47. The smallest absolute Gasteiger partial charge is 0.230 e. The highest BCUT2D eigenvalue weighted by Crippen LogP contribution is 2.53. The number of hydrogen-bond donors (Lipinski definition) is 0. The van der Waals surface area contributed by atoms with Crippen molar-refractivity contribution in [1.29, 1.82) is 0 Å². The number of aliphatic carboxylic acids is 1. The summed E-state index contributed by atoms with van der Waals surface area (Å²) in [4.78, 5) is 26.1. The highest BCUT2D eigenvalue weighted by Gasteiger charge is 2.65. The molecular formula is C18H18NO5-. The van der Waals surface area contributed by atoms with Crippen molar-refractivity contribution in [2.24, 2.45) is 11.8 Å². The second-order valence-corrected chi connectivity index (χ2v) is 6.63. The third kappa shape index (κ3) is 1.92. The van der Waals surface area contributed by atoms with E-state index in [0.29, 0.717) is 6.54 Å². The van der Waals surface area contributed by atoms with Crippen molar-refractivity contribution >= 4 is 11.9 Å². The van der Waals surface area contributed by atoms with E-state index in [9.17, 15) is 14.7 Å². The molecule has 6 heteroatoms. The first-order valence-corrected chi connectivity index (χ1v) is 7.99. The molecule has 2 fully saturated rings. The molecule has 0 saturated carbocycles. The van der Waals surface area contributed by atoms with E-state index in [4.69, 9.17) is 9.47 Å². The maximum atomic E-state index is 12.9. The lowest BCUT2D eigenvalue weighted by Crippen LogP contribution is -2.45. The van der Waals surface area contributed by atoms with Gasteiger partial charge in [-0.15, -0.1) is 0 Å². The van der Waals surface area contributed by atoms with Crippen LogP contribution in [0.5, 0.6) is 5.75 Å². The molecule has 0 aliphatic carbocycles. The maximum absolute atomic E-state index is 12.9. The normalized spacial score (nSPS) is 34.5. The van der Waals surface area contributed by atoms with E-state index in [1.165, 1.54) is 0 Å². The van der Waals surface area contributed by atoms with Crippen LogP contribution in [0.15, 0.2) is 36.4 Å². The Morgan fingerprint density at radius 1 is 1.42 bits per heavy atom. The summed E-state index contributed by atoms with van der Waals surface area (Å²) in [7, 11) is 1.60. The summed E-state index contributed by atoms with van der Waals surface area (Å²) in [5.74, 6) is -2.26. The van der Waals surface area contributed by atoms with Gasteiger partial charge in [0, 0.05) is 11.9 Å². The minimum absolute atomic E-state index is 0.179. The predicted molar refractivity (Wildman–Crippen MR) is 81.9 cm³/mol. The maximum Gasteiger partial charge on any atom is 0.230 e. The van der Waals surface area contributed by atoms with Crippen molar-refractivity contribution in [1.82, 2.24) is 4.90 Å². The largest absolute Gasteiger partial charge is 0.550 e. The Labute approximate surface area is 139 Å². The van der Waals surface area contributed by atoms with E-state index in [-0.39, 0.29) is 11.9 Å². The Morgan fingerprint density at radius 2 is 2.12 bits per heavy atom. The summed E-state index contributed by atoms with van der Waals surface area (Å²) >= 11 is 0. The van der Waals surface area contributed by atoms with Gasteiger partial charge in [-0.2, -0.15) is 0 Å². The Bertz CT molecular complexity index is 727. The average Bonchev–Trinajstić information content (AvgIpc) is 3.22. The van der Waals surface area contributed by atoms with Gasteiger partial charge in [0.25, 0.3) is 0 Å². The summed E-state index contributed by atoms with van der Waals surface area (Å²) in [5, 5.41) is 11.5. The number of fused-ring (bicyclic) bond motifs is 1. The Kier molecular flexibility index (Phi) is 3.22. The molecule has 24 heavy (non-hydrogen) atoms. The number of hydrogen-bond acceptors (Lipinski definition) is 5. The number of likely N-dealkylation sites (tertiary alicyclic amines) is 1. The van der Waals surface area contributed by atoms with Crippen LogP contribution in [0.2, 0.25) is 0 Å². The van der Waals surface area contributed by atoms with Gasteiger partial charge in [-0.3, -0.25) is 4.79 Å². The molecule has 1 amide bonds. The van der Waals surface area contributed by atoms with E-state index in [1.54, 1.807) is 18.1 Å². The number of methoxy groups -OCH3 is 1. The molecule has 126 valence electrons. The summed E-state index contributed by atoms with van der Waals surface area (Å²) in [6, 6.07) is 7.33. The van der Waals surface area contributed by atoms with E-state index in [1.807, 2.05) is 37.3 Å². The van der Waals surface area contributed by atoms with E-state index in [0.717, 1.165) is 11.3 Å². The molecule has 3 heterocycles. The van der Waals surface area contributed by atoms with E-state index >= 15 is 0 Å². The first kappa shape index (κ1) is 15.2. The number of amides is 1. The summed E-state index contributed by atoms with van der Waals surface area (Å²) < 4.78 is 11.0. The van der Waals surface area contributed by atoms with Gasteiger partial charge in [0.1, 0.15) is 11.4 Å². The second kappa shape index (κ2) is 5.08. The predicted octanol–water partition coefficient (Wildman–Crippen LogP) is 0.288. The molecule has 3 aliphatic heterocycles. The van der Waals surface area contributed by atoms with Crippen LogP contribution in [0, 0.1) is 11.8 Å². The quantitative estimate of drug-likeness (QED) is 0.742. The number of carbonyl (C=O) groups excluding carboxylic acids is 2. The van der Waals surface area contributed by atoms with Crippen molar-refractivity contribution in [3.05, 3.63) is 42.0 Å². The SMILES string of the molecule is COc1ccc([C@@H](C)N2C[C@@]34C=C[C@H](O3)[C@H](C(=O)[O-])[C@@H]4C2=O)cc1. The zero-order valence-corrected chi connectivity index (χ0v) is 13.5. The molecule has 0 N–H and O–H groups in total. The van der Waals surface area contributed by atoms with Gasteiger partial charge < -0.3 is 24.3 Å². The van der Waals surface area contributed by atoms with Crippen molar-refractivity contribution < 1.29 is 24.2 Å². The first-order chi connectivity index (χ1) is 11.5. The molecule has 0 unspecified atom stereocenters. The standard InChI is InChI=1S/C18H19NO5/c1-10(11-3-5-12(23-2)6-4-11)19-9-18-8-7-13(24-18)14(17(21)22)15(18)16(19)20/h3-8,10,13-15H,9H2,1-2H3,(H,21,22)/p-1/t10-,13+,14+,15-,18-/m1/s1. The zero-order valence-electron chi connectivity index (χ0n) is 13.5. The summed E-state index contributed by atoms with van der Waals surface area (Å²) in [6.07, 6.45) is 3.04. The van der Waals surface area contributed by atoms with Gasteiger partial charge in [-0.05, 0) is 24.6 Å². The van der Waals surface area contributed by atoms with Gasteiger partial charge in [0.15, 0.2) is 0 Å². The van der Waals surface area contributed by atoms with Gasteiger partial charge in [0.2, 0.25) is 5.91 Å². The number of nitrogens with zero attached hydrogens (tertiary/aromatic N) is 1. The van der Waals surface area contributed by atoms with Crippen molar-refractivity contribution in [3.63, 3.8) is 0 Å². The van der Waals surface area contributed by atoms with Crippen LogP contribution in [-0.4, -0.2) is 42.1 Å². The monoisotopic (exact) mass is 328 g/mol. The number of ether oxygens (including phenoxy) is 2. The molecule has 2 saturated heterocycles. The fourth-order valence-corrected chi connectivity index (χ4v) is 4.19. The molecule has 6 nitrogen and oxygen atoms in total. The molecule has 1 aromatic rings. The van der Waals surface area contributed by atoms with Crippen LogP contribution in [0.25, 0.3) is 0 Å². The minimum Gasteiger partial charge on any atom is -0.550 e. The molecule has 2 bridgehead atoms. The van der Waals surface area contributed by atoms with Crippen LogP contribution in [-0.2, 0) is 14.3 Å². The Hall–Kier alpha value is -2.34. The fourth-order valence-electron chi connectivity index (χ4n) is 4.19. The number of carboxylic acids is 1. The topological polar surface area (TPSA) is 78.9 Å².